The predicted molar refractivity (Wildman–Crippen MR) is 83.7 cm³/mol. The molecule has 2 aliphatic rings. The van der Waals surface area contributed by atoms with Crippen LogP contribution in [0.25, 0.3) is 0 Å². The van der Waals surface area contributed by atoms with Crippen LogP contribution in [0.3, 0.4) is 0 Å². The number of anilines is 1. The Bertz CT molecular complexity index is 641. The van der Waals surface area contributed by atoms with Crippen LogP contribution in [0.5, 0.6) is 0 Å². The van der Waals surface area contributed by atoms with Crippen molar-refractivity contribution in [3.63, 3.8) is 0 Å². The molecular weight excluding hydrogens is 309 g/mol. The summed E-state index contributed by atoms with van der Waals surface area (Å²) in [5, 5.41) is 3.51. The Balaban J connectivity index is 1.95. The number of carbonyl (C=O) groups is 2. The minimum absolute atomic E-state index is 0.0550. The second kappa shape index (κ2) is 4.72. The molecule has 2 saturated carbocycles. The van der Waals surface area contributed by atoms with E-state index in [1.54, 1.807) is 18.2 Å². The van der Waals surface area contributed by atoms with Crippen molar-refractivity contribution in [2.75, 3.05) is 5.32 Å². The van der Waals surface area contributed by atoms with Crippen LogP contribution in [0.4, 0.5) is 5.69 Å². The highest BCUT2D eigenvalue weighted by Crippen LogP contribution is 2.64. The number of benzene rings is 1. The minimum atomic E-state index is -0.927. The first-order valence-electron chi connectivity index (χ1n) is 7.09. The number of fused-ring (bicyclic) bond motifs is 2. The van der Waals surface area contributed by atoms with Crippen molar-refractivity contribution in [2.24, 2.45) is 16.7 Å². The summed E-state index contributed by atoms with van der Waals surface area (Å²) < 4.78 is 0. The molecule has 21 heavy (non-hydrogen) atoms. The zero-order chi connectivity index (χ0) is 15.4. The maximum atomic E-state index is 12.9. The number of ketones is 1. The summed E-state index contributed by atoms with van der Waals surface area (Å²) in [6.45, 7) is 4.05. The fourth-order valence-corrected chi connectivity index (χ4v) is 4.39. The Morgan fingerprint density at radius 3 is 2.62 bits per heavy atom. The van der Waals surface area contributed by atoms with Crippen molar-refractivity contribution < 1.29 is 9.59 Å². The Hall–Kier alpha value is -1.06. The van der Waals surface area contributed by atoms with E-state index in [1.807, 2.05) is 13.8 Å². The van der Waals surface area contributed by atoms with Crippen molar-refractivity contribution >= 4 is 40.6 Å². The summed E-state index contributed by atoms with van der Waals surface area (Å²) in [4.78, 5) is 25.3. The number of amides is 1. The summed E-state index contributed by atoms with van der Waals surface area (Å²) in [5.41, 5.74) is -0.773. The molecule has 0 radical (unpaired) electrons. The molecule has 2 atom stereocenters. The lowest BCUT2D eigenvalue weighted by Crippen LogP contribution is -2.46. The van der Waals surface area contributed by atoms with E-state index >= 15 is 0 Å². The molecule has 112 valence electrons. The van der Waals surface area contributed by atoms with Gasteiger partial charge in [-0.2, -0.15) is 0 Å². The molecule has 0 spiro atoms. The first-order chi connectivity index (χ1) is 9.80. The van der Waals surface area contributed by atoms with Crippen LogP contribution in [0.2, 0.25) is 10.0 Å². The van der Waals surface area contributed by atoms with Gasteiger partial charge in [-0.05, 0) is 36.3 Å². The molecule has 0 aromatic heterocycles. The van der Waals surface area contributed by atoms with Gasteiger partial charge >= 0.3 is 0 Å². The fourth-order valence-electron chi connectivity index (χ4n) is 4.04. The number of hydrogen-bond donors (Lipinski definition) is 1. The van der Waals surface area contributed by atoms with Gasteiger partial charge in [0.2, 0.25) is 5.91 Å². The van der Waals surface area contributed by atoms with Crippen molar-refractivity contribution in [3.8, 4) is 0 Å². The standard InChI is InChI=1S/C16H17Cl2NO2/c1-15(2)9-6-7-16(15,12(20)8-9)14(21)19-11-5-3-4-10(17)13(11)18/h3-5,9H,6-8H2,1-2H3,(H,19,21). The van der Waals surface area contributed by atoms with E-state index < -0.39 is 5.41 Å². The third-order valence-electron chi connectivity index (χ3n) is 5.48. The Morgan fingerprint density at radius 2 is 2.05 bits per heavy atom. The molecule has 1 N–H and O–H groups in total. The van der Waals surface area contributed by atoms with Crippen LogP contribution in [0, 0.1) is 16.7 Å². The van der Waals surface area contributed by atoms with Gasteiger partial charge in [0.15, 0.2) is 0 Å². The largest absolute Gasteiger partial charge is 0.324 e. The number of rotatable bonds is 2. The van der Waals surface area contributed by atoms with E-state index in [9.17, 15) is 9.59 Å². The number of Topliss-reactive ketones (excluding diaryl/α,β-unsaturated/α-hetero) is 1. The molecule has 2 fully saturated rings. The Morgan fingerprint density at radius 1 is 1.33 bits per heavy atom. The number of carbonyl (C=O) groups excluding carboxylic acids is 2. The Kier molecular flexibility index (Phi) is 3.34. The number of halogens is 2. The molecule has 2 bridgehead atoms. The summed E-state index contributed by atoms with van der Waals surface area (Å²) in [6, 6.07) is 5.08. The molecule has 1 amide bonds. The summed E-state index contributed by atoms with van der Waals surface area (Å²) in [5.74, 6) is 0.103. The molecule has 0 aliphatic heterocycles. The molecule has 3 nitrogen and oxygen atoms in total. The maximum Gasteiger partial charge on any atom is 0.238 e. The minimum Gasteiger partial charge on any atom is -0.324 e. The monoisotopic (exact) mass is 325 g/mol. The highest BCUT2D eigenvalue weighted by Gasteiger charge is 2.68. The first-order valence-corrected chi connectivity index (χ1v) is 7.85. The van der Waals surface area contributed by atoms with E-state index in [1.165, 1.54) is 0 Å². The zero-order valence-electron chi connectivity index (χ0n) is 12.0. The third kappa shape index (κ3) is 1.87. The topological polar surface area (TPSA) is 46.2 Å². The second-order valence-corrected chi connectivity index (χ2v) is 7.33. The van der Waals surface area contributed by atoms with Crippen molar-refractivity contribution in [1.29, 1.82) is 0 Å². The fraction of sp³-hybridized carbons (Fsp3) is 0.500. The van der Waals surface area contributed by atoms with Crippen LogP contribution in [-0.2, 0) is 9.59 Å². The van der Waals surface area contributed by atoms with Crippen LogP contribution in [-0.4, -0.2) is 11.7 Å². The lowest BCUT2D eigenvalue weighted by atomic mass is 9.68. The number of hydrogen-bond acceptors (Lipinski definition) is 2. The molecule has 2 unspecified atom stereocenters. The van der Waals surface area contributed by atoms with Gasteiger partial charge < -0.3 is 5.32 Å². The van der Waals surface area contributed by atoms with E-state index in [0.717, 1.165) is 6.42 Å². The van der Waals surface area contributed by atoms with Gasteiger partial charge in [-0.25, -0.2) is 0 Å². The molecule has 3 rings (SSSR count). The quantitative estimate of drug-likeness (QED) is 0.823. The van der Waals surface area contributed by atoms with Gasteiger partial charge in [-0.1, -0.05) is 43.1 Å². The smallest absolute Gasteiger partial charge is 0.238 e. The lowest BCUT2D eigenvalue weighted by Gasteiger charge is -2.35. The molecule has 5 heteroatoms. The second-order valence-electron chi connectivity index (χ2n) is 6.55. The van der Waals surface area contributed by atoms with Gasteiger partial charge in [0.1, 0.15) is 11.2 Å². The van der Waals surface area contributed by atoms with Crippen molar-refractivity contribution in [3.05, 3.63) is 28.2 Å². The molecule has 2 aliphatic carbocycles. The Labute approximate surface area is 134 Å². The van der Waals surface area contributed by atoms with Gasteiger partial charge in [0, 0.05) is 6.42 Å². The van der Waals surface area contributed by atoms with Gasteiger partial charge in [0.05, 0.1) is 15.7 Å². The summed E-state index contributed by atoms with van der Waals surface area (Å²) >= 11 is 12.1. The SMILES string of the molecule is CC1(C)C2CCC1(C(=O)Nc1cccc(Cl)c1Cl)C(=O)C2. The number of nitrogens with one attached hydrogen (secondary N) is 1. The van der Waals surface area contributed by atoms with Crippen molar-refractivity contribution in [2.45, 2.75) is 33.1 Å². The van der Waals surface area contributed by atoms with E-state index in [2.05, 4.69) is 5.32 Å². The van der Waals surface area contributed by atoms with E-state index in [4.69, 9.17) is 23.2 Å². The molecule has 0 heterocycles. The van der Waals surface area contributed by atoms with E-state index in [-0.39, 0.29) is 17.1 Å². The van der Waals surface area contributed by atoms with Crippen LogP contribution < -0.4 is 5.32 Å². The molecule has 0 saturated heterocycles. The van der Waals surface area contributed by atoms with Gasteiger partial charge in [0.25, 0.3) is 0 Å². The van der Waals surface area contributed by atoms with Crippen molar-refractivity contribution in [1.82, 2.24) is 0 Å². The van der Waals surface area contributed by atoms with Crippen LogP contribution in [0.1, 0.15) is 33.1 Å². The average molecular weight is 326 g/mol. The summed E-state index contributed by atoms with van der Waals surface area (Å²) in [7, 11) is 0. The highest BCUT2D eigenvalue weighted by molar-refractivity contribution is 6.44. The maximum absolute atomic E-state index is 12.9. The highest BCUT2D eigenvalue weighted by atomic mass is 35.5. The lowest BCUT2D eigenvalue weighted by molar-refractivity contribution is -0.141. The normalized spacial score (nSPS) is 29.7. The average Bonchev–Trinajstić information content (AvgIpc) is 2.78. The van der Waals surface area contributed by atoms with Gasteiger partial charge in [-0.3, -0.25) is 9.59 Å². The third-order valence-corrected chi connectivity index (χ3v) is 6.30. The molecular formula is C16H17Cl2NO2. The van der Waals surface area contributed by atoms with E-state index in [0.29, 0.717) is 34.5 Å². The zero-order valence-corrected chi connectivity index (χ0v) is 13.5. The van der Waals surface area contributed by atoms with Gasteiger partial charge in [-0.15, -0.1) is 0 Å². The molecule has 1 aromatic carbocycles. The first kappa shape index (κ1) is 14.9. The van der Waals surface area contributed by atoms with Crippen LogP contribution >= 0.6 is 23.2 Å². The van der Waals surface area contributed by atoms with Crippen LogP contribution in [0.15, 0.2) is 18.2 Å². The summed E-state index contributed by atoms with van der Waals surface area (Å²) in [6.07, 6.45) is 2.05. The predicted octanol–water partition coefficient (Wildman–Crippen LogP) is 4.33. The molecule has 1 aromatic rings.